The molecular formula is C20H25ClN2O6S. The van der Waals surface area contributed by atoms with Crippen LogP contribution in [-0.4, -0.2) is 48.3 Å². The monoisotopic (exact) mass is 456 g/mol. The Labute approximate surface area is 181 Å². The highest BCUT2D eigenvalue weighted by Crippen LogP contribution is 2.27. The minimum absolute atomic E-state index is 0.00599. The van der Waals surface area contributed by atoms with Gasteiger partial charge in [0.1, 0.15) is 11.5 Å². The van der Waals surface area contributed by atoms with E-state index in [9.17, 15) is 13.2 Å². The van der Waals surface area contributed by atoms with Gasteiger partial charge in [0, 0.05) is 13.7 Å². The van der Waals surface area contributed by atoms with Crippen LogP contribution in [0.4, 0.5) is 0 Å². The minimum atomic E-state index is -3.71. The second kappa shape index (κ2) is 11.2. The van der Waals surface area contributed by atoms with Gasteiger partial charge in [-0.05, 0) is 42.8 Å². The summed E-state index contributed by atoms with van der Waals surface area (Å²) in [6.45, 7) is 1.97. The summed E-state index contributed by atoms with van der Waals surface area (Å²) in [6, 6.07) is 11.2. The van der Waals surface area contributed by atoms with Crippen LogP contribution in [0, 0.1) is 0 Å². The molecule has 2 rings (SSSR count). The molecule has 2 N–H and O–H groups in total. The SMILES string of the molecule is COCCNS(=O)(=O)c1ccc(OCC(=O)NC(C)c2ccc(OC)cc2)c(Cl)c1. The third kappa shape index (κ3) is 6.88. The summed E-state index contributed by atoms with van der Waals surface area (Å²) in [6.07, 6.45) is 0. The molecule has 0 radical (unpaired) electrons. The molecule has 10 heteroatoms. The van der Waals surface area contributed by atoms with Crippen molar-refractivity contribution < 1.29 is 27.4 Å². The molecule has 0 fully saturated rings. The average molecular weight is 457 g/mol. The number of methoxy groups -OCH3 is 2. The normalized spacial score (nSPS) is 12.3. The Morgan fingerprint density at radius 2 is 1.83 bits per heavy atom. The molecule has 1 amide bonds. The van der Waals surface area contributed by atoms with E-state index in [4.69, 9.17) is 25.8 Å². The van der Waals surface area contributed by atoms with Crippen LogP contribution in [0.2, 0.25) is 5.02 Å². The van der Waals surface area contributed by atoms with Crippen LogP contribution in [0.1, 0.15) is 18.5 Å². The Morgan fingerprint density at radius 3 is 2.43 bits per heavy atom. The first kappa shape index (κ1) is 23.9. The zero-order valence-electron chi connectivity index (χ0n) is 17.0. The van der Waals surface area contributed by atoms with Gasteiger partial charge in [-0.1, -0.05) is 23.7 Å². The lowest BCUT2D eigenvalue weighted by Gasteiger charge is -2.15. The van der Waals surface area contributed by atoms with Crippen LogP contribution < -0.4 is 19.5 Å². The molecule has 1 atom stereocenters. The van der Waals surface area contributed by atoms with Gasteiger partial charge < -0.3 is 19.5 Å². The van der Waals surface area contributed by atoms with Gasteiger partial charge in [0.15, 0.2) is 6.61 Å². The number of benzene rings is 2. The van der Waals surface area contributed by atoms with Crippen LogP contribution in [0.15, 0.2) is 47.4 Å². The van der Waals surface area contributed by atoms with Crippen molar-refractivity contribution in [2.45, 2.75) is 17.9 Å². The standard InChI is InChI=1S/C20H25ClN2O6S/c1-14(15-4-6-16(28-3)7-5-15)23-20(24)13-29-19-9-8-17(12-18(19)21)30(25,26)22-10-11-27-2/h4-9,12,14,22H,10-11,13H2,1-3H3,(H,23,24). The Kier molecular flexibility index (Phi) is 8.91. The van der Waals surface area contributed by atoms with E-state index >= 15 is 0 Å². The molecule has 0 saturated heterocycles. The highest BCUT2D eigenvalue weighted by atomic mass is 35.5. The Balaban J connectivity index is 1.92. The predicted octanol–water partition coefficient (Wildman–Crippen LogP) is 2.53. The molecule has 0 aliphatic heterocycles. The van der Waals surface area contributed by atoms with E-state index < -0.39 is 10.0 Å². The second-order valence-corrected chi connectivity index (χ2v) is 8.51. The maximum Gasteiger partial charge on any atom is 0.258 e. The van der Waals surface area contributed by atoms with Gasteiger partial charge >= 0.3 is 0 Å². The van der Waals surface area contributed by atoms with Gasteiger partial charge in [0.05, 0.1) is 29.7 Å². The molecule has 0 heterocycles. The molecule has 0 aliphatic rings. The molecule has 0 saturated carbocycles. The number of halogens is 1. The van der Waals surface area contributed by atoms with Crippen LogP contribution in [0.3, 0.4) is 0 Å². The zero-order chi connectivity index (χ0) is 22.1. The summed E-state index contributed by atoms with van der Waals surface area (Å²) in [5.41, 5.74) is 0.915. The van der Waals surface area contributed by atoms with Gasteiger partial charge in [-0.25, -0.2) is 13.1 Å². The highest BCUT2D eigenvalue weighted by molar-refractivity contribution is 7.89. The molecule has 0 aromatic heterocycles. The number of rotatable bonds is 11. The molecule has 0 bridgehead atoms. The van der Waals surface area contributed by atoms with E-state index in [1.54, 1.807) is 7.11 Å². The van der Waals surface area contributed by atoms with Crippen molar-refractivity contribution in [1.29, 1.82) is 0 Å². The van der Waals surface area contributed by atoms with Gasteiger partial charge in [0.2, 0.25) is 10.0 Å². The van der Waals surface area contributed by atoms with Crippen LogP contribution >= 0.6 is 11.6 Å². The maximum absolute atomic E-state index is 12.2. The fourth-order valence-corrected chi connectivity index (χ4v) is 3.87. The first-order valence-electron chi connectivity index (χ1n) is 9.11. The first-order chi connectivity index (χ1) is 14.3. The Hall–Kier alpha value is -2.33. The topological polar surface area (TPSA) is 103 Å². The number of sulfonamides is 1. The zero-order valence-corrected chi connectivity index (χ0v) is 18.5. The average Bonchev–Trinajstić information content (AvgIpc) is 2.73. The summed E-state index contributed by atoms with van der Waals surface area (Å²) >= 11 is 6.12. The molecule has 1 unspecified atom stereocenters. The summed E-state index contributed by atoms with van der Waals surface area (Å²) in [5.74, 6) is 0.599. The molecule has 2 aromatic rings. The number of hydrogen-bond donors (Lipinski definition) is 2. The lowest BCUT2D eigenvalue weighted by atomic mass is 10.1. The van der Waals surface area contributed by atoms with Crippen molar-refractivity contribution in [2.24, 2.45) is 0 Å². The van der Waals surface area contributed by atoms with E-state index in [0.29, 0.717) is 0 Å². The van der Waals surface area contributed by atoms with Gasteiger partial charge in [-0.3, -0.25) is 4.79 Å². The van der Waals surface area contributed by atoms with Crippen LogP contribution in [0.25, 0.3) is 0 Å². The van der Waals surface area contributed by atoms with E-state index in [-0.39, 0.29) is 47.4 Å². The highest BCUT2D eigenvalue weighted by Gasteiger charge is 2.16. The number of ether oxygens (including phenoxy) is 3. The van der Waals surface area contributed by atoms with E-state index in [1.165, 1.54) is 25.3 Å². The smallest absolute Gasteiger partial charge is 0.258 e. The molecule has 30 heavy (non-hydrogen) atoms. The van der Waals surface area contributed by atoms with Gasteiger partial charge in [-0.15, -0.1) is 0 Å². The molecule has 8 nitrogen and oxygen atoms in total. The largest absolute Gasteiger partial charge is 0.497 e. The maximum atomic E-state index is 12.2. The van der Waals surface area contributed by atoms with E-state index in [0.717, 1.165) is 11.3 Å². The minimum Gasteiger partial charge on any atom is -0.497 e. The summed E-state index contributed by atoms with van der Waals surface area (Å²) in [5, 5.41) is 2.91. The third-order valence-electron chi connectivity index (χ3n) is 4.16. The van der Waals surface area contributed by atoms with Crippen molar-refractivity contribution in [2.75, 3.05) is 34.0 Å². The number of nitrogens with one attached hydrogen (secondary N) is 2. The fourth-order valence-electron chi connectivity index (χ4n) is 2.53. The summed E-state index contributed by atoms with van der Waals surface area (Å²) in [4.78, 5) is 12.2. The van der Waals surface area contributed by atoms with Crippen molar-refractivity contribution in [3.63, 3.8) is 0 Å². The van der Waals surface area contributed by atoms with Gasteiger partial charge in [0.25, 0.3) is 5.91 Å². The van der Waals surface area contributed by atoms with Crippen molar-refractivity contribution in [3.05, 3.63) is 53.1 Å². The van der Waals surface area contributed by atoms with Crippen molar-refractivity contribution in [1.82, 2.24) is 10.0 Å². The summed E-state index contributed by atoms with van der Waals surface area (Å²) in [7, 11) is -0.650. The number of carbonyl (C=O) groups is 1. The second-order valence-electron chi connectivity index (χ2n) is 6.33. The van der Waals surface area contributed by atoms with E-state index in [1.807, 2.05) is 31.2 Å². The molecule has 0 aliphatic carbocycles. The predicted molar refractivity (Wildman–Crippen MR) is 114 cm³/mol. The van der Waals surface area contributed by atoms with Crippen LogP contribution in [0.5, 0.6) is 11.5 Å². The summed E-state index contributed by atoms with van der Waals surface area (Å²) < 4.78 is 42.2. The van der Waals surface area contributed by atoms with Gasteiger partial charge in [-0.2, -0.15) is 0 Å². The molecular weight excluding hydrogens is 432 g/mol. The van der Waals surface area contributed by atoms with Crippen molar-refractivity contribution >= 4 is 27.5 Å². The lowest BCUT2D eigenvalue weighted by molar-refractivity contribution is -0.123. The van der Waals surface area contributed by atoms with E-state index in [2.05, 4.69) is 10.0 Å². The number of carbonyl (C=O) groups excluding carboxylic acids is 1. The Morgan fingerprint density at radius 1 is 1.13 bits per heavy atom. The molecule has 164 valence electrons. The quantitative estimate of drug-likeness (QED) is 0.504. The Bertz CT molecular complexity index is 950. The lowest BCUT2D eigenvalue weighted by Crippen LogP contribution is -2.31. The molecule has 0 spiro atoms. The van der Waals surface area contributed by atoms with Crippen molar-refractivity contribution in [3.8, 4) is 11.5 Å². The molecule has 2 aromatic carbocycles. The number of amides is 1. The fraction of sp³-hybridized carbons (Fsp3) is 0.350. The number of hydrogen-bond acceptors (Lipinski definition) is 6. The van der Waals surface area contributed by atoms with Crippen LogP contribution in [-0.2, 0) is 19.6 Å². The third-order valence-corrected chi connectivity index (χ3v) is 5.92. The first-order valence-corrected chi connectivity index (χ1v) is 11.0.